The minimum absolute atomic E-state index is 0.322. The molecule has 5 nitrogen and oxygen atoms in total. The molecule has 0 aromatic heterocycles. The van der Waals surface area contributed by atoms with Crippen LogP contribution in [0.3, 0.4) is 0 Å². The van der Waals surface area contributed by atoms with E-state index in [1.807, 2.05) is 25.1 Å². The summed E-state index contributed by atoms with van der Waals surface area (Å²) in [5, 5.41) is 3.99. The van der Waals surface area contributed by atoms with Crippen molar-refractivity contribution < 1.29 is 14.3 Å². The zero-order valence-corrected chi connectivity index (χ0v) is 16.6. The number of hydrazone groups is 1. The second-order valence-electron chi connectivity index (χ2n) is 6.01. The first-order valence-corrected chi connectivity index (χ1v) is 9.29. The highest BCUT2D eigenvalue weighted by Crippen LogP contribution is 2.23. The van der Waals surface area contributed by atoms with Crippen molar-refractivity contribution in [3.8, 4) is 5.75 Å². The second kappa shape index (κ2) is 9.10. The Morgan fingerprint density at radius 2 is 1.71 bits per heavy atom. The van der Waals surface area contributed by atoms with E-state index in [1.165, 1.54) is 6.21 Å². The van der Waals surface area contributed by atoms with E-state index in [-0.39, 0.29) is 5.91 Å². The van der Waals surface area contributed by atoms with Crippen molar-refractivity contribution in [1.29, 1.82) is 0 Å². The third-order valence-electron chi connectivity index (χ3n) is 3.83. The number of ether oxygens (including phenoxy) is 1. The molecule has 0 aliphatic heterocycles. The van der Waals surface area contributed by atoms with Crippen molar-refractivity contribution in [2.45, 2.75) is 6.92 Å². The number of carbonyl (C=O) groups is 2. The van der Waals surface area contributed by atoms with Gasteiger partial charge in [0.05, 0.1) is 11.8 Å². The number of nitrogens with zero attached hydrogens (tertiary/aromatic N) is 1. The van der Waals surface area contributed by atoms with Gasteiger partial charge in [-0.25, -0.2) is 10.2 Å². The number of amides is 1. The Labute approximate surface area is 171 Å². The van der Waals surface area contributed by atoms with Crippen LogP contribution in [-0.4, -0.2) is 18.1 Å². The van der Waals surface area contributed by atoms with Gasteiger partial charge in [0.1, 0.15) is 5.75 Å². The van der Waals surface area contributed by atoms with Crippen molar-refractivity contribution in [1.82, 2.24) is 5.43 Å². The lowest BCUT2D eigenvalue weighted by Gasteiger charge is -2.08. The summed E-state index contributed by atoms with van der Waals surface area (Å²) < 4.78 is 6.27. The van der Waals surface area contributed by atoms with Gasteiger partial charge in [-0.1, -0.05) is 51.8 Å². The summed E-state index contributed by atoms with van der Waals surface area (Å²) in [6, 6.07) is 21.1. The minimum Gasteiger partial charge on any atom is -0.422 e. The Morgan fingerprint density at radius 3 is 2.46 bits per heavy atom. The second-order valence-corrected chi connectivity index (χ2v) is 6.92. The molecule has 0 fully saturated rings. The van der Waals surface area contributed by atoms with Crippen molar-refractivity contribution >= 4 is 34.0 Å². The van der Waals surface area contributed by atoms with Gasteiger partial charge < -0.3 is 4.74 Å². The Kier molecular flexibility index (Phi) is 6.34. The lowest BCUT2D eigenvalue weighted by Crippen LogP contribution is -2.17. The quantitative estimate of drug-likeness (QED) is 0.271. The molecule has 3 aromatic carbocycles. The molecule has 6 heteroatoms. The number of hydrogen-bond donors (Lipinski definition) is 1. The van der Waals surface area contributed by atoms with E-state index < -0.39 is 5.97 Å². The van der Waals surface area contributed by atoms with Crippen LogP contribution in [0.15, 0.2) is 82.4 Å². The molecule has 0 unspecified atom stereocenters. The molecule has 140 valence electrons. The van der Waals surface area contributed by atoms with Crippen LogP contribution in [0.5, 0.6) is 5.75 Å². The van der Waals surface area contributed by atoms with Crippen molar-refractivity contribution in [2.75, 3.05) is 0 Å². The van der Waals surface area contributed by atoms with Gasteiger partial charge in [-0.05, 0) is 49.4 Å². The molecule has 0 spiro atoms. The van der Waals surface area contributed by atoms with Crippen LogP contribution in [0, 0.1) is 6.92 Å². The summed E-state index contributed by atoms with van der Waals surface area (Å²) in [5.41, 5.74) is 4.97. The monoisotopic (exact) mass is 436 g/mol. The molecule has 3 aromatic rings. The summed E-state index contributed by atoms with van der Waals surface area (Å²) in [4.78, 5) is 24.5. The summed E-state index contributed by atoms with van der Waals surface area (Å²) in [5.74, 6) is -0.454. The normalized spacial score (nSPS) is 10.6. The number of nitrogens with one attached hydrogen (secondary N) is 1. The maximum atomic E-state index is 12.3. The third-order valence-corrected chi connectivity index (χ3v) is 4.33. The van der Waals surface area contributed by atoms with E-state index in [1.54, 1.807) is 54.6 Å². The van der Waals surface area contributed by atoms with Crippen LogP contribution in [0.4, 0.5) is 0 Å². The lowest BCUT2D eigenvalue weighted by molar-refractivity contribution is 0.0734. The summed E-state index contributed by atoms with van der Waals surface area (Å²) >= 11 is 3.38. The van der Waals surface area contributed by atoms with Gasteiger partial charge >= 0.3 is 5.97 Å². The first kappa shape index (κ1) is 19.5. The molecule has 0 atom stereocenters. The zero-order valence-electron chi connectivity index (χ0n) is 15.1. The average Bonchev–Trinajstić information content (AvgIpc) is 2.70. The Hall–Kier alpha value is -3.25. The topological polar surface area (TPSA) is 67.8 Å². The molecular weight excluding hydrogens is 420 g/mol. The highest BCUT2D eigenvalue weighted by atomic mass is 79.9. The van der Waals surface area contributed by atoms with Crippen LogP contribution in [0.25, 0.3) is 0 Å². The van der Waals surface area contributed by atoms with Gasteiger partial charge in [0.25, 0.3) is 5.91 Å². The van der Waals surface area contributed by atoms with Gasteiger partial charge in [0, 0.05) is 15.6 Å². The number of esters is 1. The lowest BCUT2D eigenvalue weighted by atomic mass is 10.1. The predicted octanol–water partition coefficient (Wildman–Crippen LogP) is 4.74. The first-order valence-electron chi connectivity index (χ1n) is 8.50. The molecule has 0 heterocycles. The first-order chi connectivity index (χ1) is 13.5. The summed E-state index contributed by atoms with van der Waals surface area (Å²) in [6.07, 6.45) is 1.44. The fraction of sp³-hybridized carbons (Fsp3) is 0.0455. The molecular formula is C22H17BrN2O3. The fourth-order valence-corrected chi connectivity index (χ4v) is 2.84. The average molecular weight is 437 g/mol. The Bertz CT molecular complexity index is 1030. The predicted molar refractivity (Wildman–Crippen MR) is 112 cm³/mol. The standard InChI is InChI=1S/C22H17BrN2O3/c1-15-6-5-9-17(12-15)21(26)25-24-14-18-13-19(23)10-11-20(18)28-22(27)16-7-3-2-4-8-16/h2-14H,1H3,(H,25,26)/b24-14-. The maximum Gasteiger partial charge on any atom is 0.343 e. The molecule has 1 N–H and O–H groups in total. The molecule has 0 aliphatic rings. The Balaban J connectivity index is 1.74. The van der Waals surface area contributed by atoms with E-state index in [0.29, 0.717) is 22.4 Å². The third kappa shape index (κ3) is 5.14. The smallest absolute Gasteiger partial charge is 0.343 e. The summed E-state index contributed by atoms with van der Waals surface area (Å²) in [7, 11) is 0. The number of carbonyl (C=O) groups excluding carboxylic acids is 2. The zero-order chi connectivity index (χ0) is 19.9. The van der Waals surface area contributed by atoms with Crippen LogP contribution >= 0.6 is 15.9 Å². The molecule has 0 bridgehead atoms. The van der Waals surface area contributed by atoms with E-state index in [0.717, 1.165) is 10.0 Å². The van der Waals surface area contributed by atoms with Crippen LogP contribution in [0.2, 0.25) is 0 Å². The van der Waals surface area contributed by atoms with E-state index in [2.05, 4.69) is 26.5 Å². The van der Waals surface area contributed by atoms with Gasteiger partial charge in [0.2, 0.25) is 0 Å². The van der Waals surface area contributed by atoms with Crippen LogP contribution in [-0.2, 0) is 0 Å². The summed E-state index contributed by atoms with van der Waals surface area (Å²) in [6.45, 7) is 1.91. The SMILES string of the molecule is Cc1cccc(C(=O)N/N=C\c2cc(Br)ccc2OC(=O)c2ccccc2)c1. The molecule has 28 heavy (non-hydrogen) atoms. The fourth-order valence-electron chi connectivity index (χ4n) is 2.46. The maximum absolute atomic E-state index is 12.3. The highest BCUT2D eigenvalue weighted by molar-refractivity contribution is 9.10. The number of benzene rings is 3. The molecule has 0 saturated heterocycles. The number of rotatable bonds is 5. The molecule has 1 amide bonds. The largest absolute Gasteiger partial charge is 0.422 e. The van der Waals surface area contributed by atoms with Gasteiger partial charge in [-0.2, -0.15) is 5.10 Å². The number of aryl methyl sites for hydroxylation is 1. The van der Waals surface area contributed by atoms with Gasteiger partial charge in [0.15, 0.2) is 0 Å². The van der Waals surface area contributed by atoms with Gasteiger partial charge in [-0.15, -0.1) is 0 Å². The highest BCUT2D eigenvalue weighted by Gasteiger charge is 2.11. The number of hydrogen-bond acceptors (Lipinski definition) is 4. The van der Waals surface area contributed by atoms with Gasteiger partial charge in [-0.3, -0.25) is 4.79 Å². The Morgan fingerprint density at radius 1 is 0.964 bits per heavy atom. The molecule has 0 saturated carbocycles. The molecule has 3 rings (SSSR count). The van der Waals surface area contributed by atoms with Crippen molar-refractivity contribution in [3.63, 3.8) is 0 Å². The van der Waals surface area contributed by atoms with E-state index in [9.17, 15) is 9.59 Å². The van der Waals surface area contributed by atoms with Crippen LogP contribution < -0.4 is 10.2 Å². The molecule has 0 aliphatic carbocycles. The van der Waals surface area contributed by atoms with Crippen LogP contribution in [0.1, 0.15) is 31.8 Å². The van der Waals surface area contributed by atoms with E-state index in [4.69, 9.17) is 4.74 Å². The van der Waals surface area contributed by atoms with Crippen molar-refractivity contribution in [3.05, 3.63) is 99.5 Å². The van der Waals surface area contributed by atoms with E-state index >= 15 is 0 Å². The minimum atomic E-state index is -0.471. The molecule has 0 radical (unpaired) electrons. The number of halogens is 1. The van der Waals surface area contributed by atoms with Crippen molar-refractivity contribution in [2.24, 2.45) is 5.10 Å².